The molecule has 0 atom stereocenters. The van der Waals surface area contributed by atoms with Crippen molar-refractivity contribution in [1.29, 1.82) is 0 Å². The van der Waals surface area contributed by atoms with Crippen LogP contribution in [0.15, 0.2) is 39.6 Å². The van der Waals surface area contributed by atoms with Crippen LogP contribution in [-0.4, -0.2) is 18.3 Å². The smallest absolute Gasteiger partial charge is 0.383 e. The Labute approximate surface area is 179 Å². The van der Waals surface area contributed by atoms with Crippen molar-refractivity contribution in [3.05, 3.63) is 40.8 Å². The fourth-order valence-corrected chi connectivity index (χ4v) is 3.34. The number of aromatic hydroxyl groups is 1. The van der Waals surface area contributed by atoms with Gasteiger partial charge in [0.05, 0.1) is 18.6 Å². The average Bonchev–Trinajstić information content (AvgIpc) is 2.74. The SMILES string of the molecule is CC/C=C/CCOc1cccc2c(O)c(OCCCCCCCCCC)c(=O)oc12. The molecule has 5 nitrogen and oxygen atoms in total. The molecule has 0 amide bonds. The van der Waals surface area contributed by atoms with Gasteiger partial charge in [0.2, 0.25) is 5.75 Å². The molecule has 166 valence electrons. The number of ether oxygens (including phenoxy) is 2. The van der Waals surface area contributed by atoms with Gasteiger partial charge in [-0.25, -0.2) is 4.79 Å². The summed E-state index contributed by atoms with van der Waals surface area (Å²) in [6.45, 7) is 5.15. The van der Waals surface area contributed by atoms with Crippen molar-refractivity contribution in [3.63, 3.8) is 0 Å². The number of rotatable bonds is 15. The molecule has 2 aromatic rings. The number of para-hydroxylation sites is 1. The highest BCUT2D eigenvalue weighted by Gasteiger charge is 2.18. The van der Waals surface area contributed by atoms with Crippen LogP contribution in [0.2, 0.25) is 0 Å². The highest BCUT2D eigenvalue weighted by atomic mass is 16.5. The summed E-state index contributed by atoms with van der Waals surface area (Å²) >= 11 is 0. The predicted octanol–water partition coefficient (Wildman–Crippen LogP) is 6.75. The molecule has 0 aliphatic carbocycles. The minimum Gasteiger partial charge on any atom is -0.504 e. The highest BCUT2D eigenvalue weighted by Crippen LogP contribution is 2.35. The zero-order valence-corrected chi connectivity index (χ0v) is 18.5. The van der Waals surface area contributed by atoms with E-state index in [1.54, 1.807) is 18.2 Å². The summed E-state index contributed by atoms with van der Waals surface area (Å²) in [6.07, 6.45) is 15.3. The van der Waals surface area contributed by atoms with Crippen LogP contribution in [-0.2, 0) is 0 Å². The van der Waals surface area contributed by atoms with Gasteiger partial charge >= 0.3 is 5.63 Å². The number of benzene rings is 1. The van der Waals surface area contributed by atoms with Gasteiger partial charge in [0, 0.05) is 0 Å². The molecule has 1 aromatic heterocycles. The molecule has 0 saturated carbocycles. The largest absolute Gasteiger partial charge is 0.504 e. The van der Waals surface area contributed by atoms with E-state index >= 15 is 0 Å². The summed E-state index contributed by atoms with van der Waals surface area (Å²) < 4.78 is 16.8. The third-order valence-corrected chi connectivity index (χ3v) is 5.02. The van der Waals surface area contributed by atoms with Crippen molar-refractivity contribution in [3.8, 4) is 17.2 Å². The number of unbranched alkanes of at least 4 members (excludes halogenated alkanes) is 7. The third kappa shape index (κ3) is 7.43. The molecule has 0 bridgehead atoms. The molecule has 1 heterocycles. The van der Waals surface area contributed by atoms with Gasteiger partial charge in [-0.3, -0.25) is 0 Å². The number of allylic oxidation sites excluding steroid dienone is 1. The molecule has 0 spiro atoms. The van der Waals surface area contributed by atoms with E-state index in [1.807, 2.05) is 0 Å². The van der Waals surface area contributed by atoms with Gasteiger partial charge in [-0.2, -0.15) is 0 Å². The van der Waals surface area contributed by atoms with E-state index in [1.165, 1.54) is 38.5 Å². The van der Waals surface area contributed by atoms with Gasteiger partial charge in [-0.1, -0.05) is 77.0 Å². The maximum Gasteiger partial charge on any atom is 0.383 e. The monoisotopic (exact) mass is 416 g/mol. The number of hydrogen-bond donors (Lipinski definition) is 1. The van der Waals surface area contributed by atoms with Gasteiger partial charge in [-0.15, -0.1) is 0 Å². The van der Waals surface area contributed by atoms with Crippen molar-refractivity contribution < 1.29 is 19.0 Å². The van der Waals surface area contributed by atoms with E-state index in [4.69, 9.17) is 13.9 Å². The average molecular weight is 417 g/mol. The molecule has 30 heavy (non-hydrogen) atoms. The van der Waals surface area contributed by atoms with E-state index in [0.29, 0.717) is 24.3 Å². The molecule has 0 fully saturated rings. The Kier molecular flexibility index (Phi) is 10.9. The molecule has 0 saturated heterocycles. The molecular formula is C25H36O5. The second-order valence-electron chi connectivity index (χ2n) is 7.54. The second kappa shape index (κ2) is 13.7. The van der Waals surface area contributed by atoms with E-state index in [0.717, 1.165) is 25.7 Å². The Balaban J connectivity index is 1.91. The molecule has 0 aliphatic heterocycles. The minimum atomic E-state index is -0.679. The van der Waals surface area contributed by atoms with Gasteiger partial charge in [0.1, 0.15) is 0 Å². The number of fused-ring (bicyclic) bond motifs is 1. The lowest BCUT2D eigenvalue weighted by molar-refractivity contribution is 0.273. The van der Waals surface area contributed by atoms with E-state index < -0.39 is 5.63 Å². The summed E-state index contributed by atoms with van der Waals surface area (Å²) in [7, 11) is 0. The van der Waals surface area contributed by atoms with Crippen LogP contribution in [0.5, 0.6) is 17.2 Å². The normalized spacial score (nSPS) is 11.4. The molecule has 5 heteroatoms. The lowest BCUT2D eigenvalue weighted by atomic mass is 10.1. The first-order chi connectivity index (χ1) is 14.7. The first kappa shape index (κ1) is 23.8. The van der Waals surface area contributed by atoms with Gasteiger partial charge in [0.25, 0.3) is 0 Å². The van der Waals surface area contributed by atoms with Crippen LogP contribution in [0, 0.1) is 0 Å². The van der Waals surface area contributed by atoms with Crippen molar-refractivity contribution in [1.82, 2.24) is 0 Å². The first-order valence-corrected chi connectivity index (χ1v) is 11.4. The standard InChI is InChI=1S/C25H36O5/c1-3-5-7-9-10-11-12-14-19-29-24-22(26)20-16-15-17-21(23(20)30-25(24)27)28-18-13-8-6-4-2/h6,8,15-17,26H,3-5,7,9-14,18-19H2,1-2H3/b8-6+. The fraction of sp³-hybridized carbons (Fsp3) is 0.560. The summed E-state index contributed by atoms with van der Waals surface area (Å²) in [4.78, 5) is 12.4. The summed E-state index contributed by atoms with van der Waals surface area (Å²) in [6, 6.07) is 5.19. The lowest BCUT2D eigenvalue weighted by Crippen LogP contribution is -2.09. The van der Waals surface area contributed by atoms with Crippen LogP contribution >= 0.6 is 0 Å². The molecule has 1 N–H and O–H groups in total. The Morgan fingerprint density at radius 3 is 2.40 bits per heavy atom. The zero-order chi connectivity index (χ0) is 21.6. The van der Waals surface area contributed by atoms with Gasteiger partial charge in [-0.05, 0) is 31.4 Å². The lowest BCUT2D eigenvalue weighted by Gasteiger charge is -2.11. The van der Waals surface area contributed by atoms with Crippen LogP contribution in [0.4, 0.5) is 0 Å². The molecule has 0 aliphatic rings. The topological polar surface area (TPSA) is 68.9 Å². The van der Waals surface area contributed by atoms with E-state index in [9.17, 15) is 9.90 Å². The van der Waals surface area contributed by atoms with Crippen molar-refractivity contribution in [2.75, 3.05) is 13.2 Å². The Morgan fingerprint density at radius 2 is 1.67 bits per heavy atom. The second-order valence-corrected chi connectivity index (χ2v) is 7.54. The van der Waals surface area contributed by atoms with Crippen molar-refractivity contribution >= 4 is 11.0 Å². The van der Waals surface area contributed by atoms with Gasteiger partial charge < -0.3 is 19.0 Å². The molecular weight excluding hydrogens is 380 g/mol. The minimum absolute atomic E-state index is 0.117. The van der Waals surface area contributed by atoms with E-state index in [-0.39, 0.29) is 17.1 Å². The van der Waals surface area contributed by atoms with Crippen LogP contribution in [0.3, 0.4) is 0 Å². The Hall–Kier alpha value is -2.43. The summed E-state index contributed by atoms with van der Waals surface area (Å²) in [5.41, 5.74) is -0.430. The zero-order valence-electron chi connectivity index (χ0n) is 18.5. The summed E-state index contributed by atoms with van der Waals surface area (Å²) in [5, 5.41) is 11.0. The van der Waals surface area contributed by atoms with Crippen LogP contribution in [0.25, 0.3) is 11.0 Å². The third-order valence-electron chi connectivity index (χ3n) is 5.02. The number of hydrogen-bond acceptors (Lipinski definition) is 5. The Morgan fingerprint density at radius 1 is 0.933 bits per heavy atom. The quantitative estimate of drug-likeness (QED) is 0.197. The molecule has 0 radical (unpaired) electrons. The van der Waals surface area contributed by atoms with Gasteiger partial charge in [0.15, 0.2) is 17.1 Å². The van der Waals surface area contributed by atoms with Crippen LogP contribution in [0.1, 0.15) is 78.1 Å². The summed E-state index contributed by atoms with van der Waals surface area (Å²) in [5.74, 6) is 0.144. The maximum atomic E-state index is 12.4. The molecule has 2 rings (SSSR count). The Bertz CT molecular complexity index is 837. The maximum absolute atomic E-state index is 12.4. The van der Waals surface area contributed by atoms with Crippen molar-refractivity contribution in [2.24, 2.45) is 0 Å². The van der Waals surface area contributed by atoms with E-state index in [2.05, 4.69) is 26.0 Å². The predicted molar refractivity (Wildman–Crippen MR) is 122 cm³/mol. The van der Waals surface area contributed by atoms with Crippen molar-refractivity contribution in [2.45, 2.75) is 78.1 Å². The molecule has 0 unspecified atom stereocenters. The van der Waals surface area contributed by atoms with Crippen LogP contribution < -0.4 is 15.1 Å². The molecule has 1 aromatic carbocycles. The highest BCUT2D eigenvalue weighted by molar-refractivity contribution is 5.89. The first-order valence-electron chi connectivity index (χ1n) is 11.4. The fourth-order valence-electron chi connectivity index (χ4n) is 3.34.